The van der Waals surface area contributed by atoms with E-state index < -0.39 is 16.9 Å². The number of amides is 2. The Morgan fingerprint density at radius 2 is 2.03 bits per heavy atom. The van der Waals surface area contributed by atoms with Crippen LogP contribution in [0.15, 0.2) is 24.3 Å². The predicted octanol–water partition coefficient (Wildman–Crippen LogP) is 0.455. The molecule has 0 aromatic heterocycles. The third-order valence-corrected chi connectivity index (χ3v) is 4.34. The number of non-ortho nitro benzene ring substituents is 1. The zero-order chi connectivity index (χ0) is 20.5. The van der Waals surface area contributed by atoms with Crippen molar-refractivity contribution in [3.05, 3.63) is 34.4 Å². The molecule has 0 saturated carbocycles. The molecule has 1 aromatic carbocycles. The SMILES string of the molecule is Cl.N=C(N)NCCC[C@H](NC(=O)[C@@H]1CCCN1)C(=O)Nc1ccc([N+](=O)[O-])cc1. The van der Waals surface area contributed by atoms with Gasteiger partial charge in [0.2, 0.25) is 11.8 Å². The highest BCUT2D eigenvalue weighted by Crippen LogP contribution is 2.16. The quantitative estimate of drug-likeness (QED) is 0.109. The Morgan fingerprint density at radius 1 is 1.34 bits per heavy atom. The highest BCUT2D eigenvalue weighted by Gasteiger charge is 2.27. The van der Waals surface area contributed by atoms with Gasteiger partial charge in [0.25, 0.3) is 5.69 Å². The van der Waals surface area contributed by atoms with Crippen LogP contribution in [-0.4, -0.2) is 47.9 Å². The molecule has 1 heterocycles. The van der Waals surface area contributed by atoms with E-state index in [4.69, 9.17) is 11.1 Å². The average molecular weight is 428 g/mol. The summed E-state index contributed by atoms with van der Waals surface area (Å²) in [6.07, 6.45) is 2.47. The standard InChI is InChI=1S/C17H25N7O4.ClH/c18-17(19)21-10-2-4-14(23-15(25)13-3-1-9-20-13)16(26)22-11-5-7-12(8-6-11)24(27)28;/h5-8,13-14,20H,1-4,9-10H2,(H,22,26)(H,23,25)(H4,18,19,21);1H/t13-,14-;/m0./s1. The van der Waals surface area contributed by atoms with Crippen molar-refractivity contribution >= 4 is 41.6 Å². The molecule has 1 aromatic rings. The Hall–Kier alpha value is -2.92. The molecule has 1 aliphatic rings. The highest BCUT2D eigenvalue weighted by atomic mass is 35.5. The van der Waals surface area contributed by atoms with Crippen molar-refractivity contribution in [2.24, 2.45) is 5.73 Å². The van der Waals surface area contributed by atoms with Crippen molar-refractivity contribution in [1.82, 2.24) is 16.0 Å². The molecule has 0 bridgehead atoms. The topological polar surface area (TPSA) is 175 Å². The Kier molecular flexibility index (Phi) is 9.83. The second-order valence-electron chi connectivity index (χ2n) is 6.49. The second-order valence-corrected chi connectivity index (χ2v) is 6.49. The van der Waals surface area contributed by atoms with Crippen molar-refractivity contribution < 1.29 is 14.5 Å². The fraction of sp³-hybridized carbons (Fsp3) is 0.471. The van der Waals surface area contributed by atoms with Crippen LogP contribution in [0.2, 0.25) is 0 Å². The number of carbonyl (C=O) groups excluding carboxylic acids is 2. The first-order chi connectivity index (χ1) is 13.4. The predicted molar refractivity (Wildman–Crippen MR) is 111 cm³/mol. The Balaban J connectivity index is 0.00000420. The first-order valence-electron chi connectivity index (χ1n) is 9.04. The third kappa shape index (κ3) is 7.92. The maximum absolute atomic E-state index is 12.6. The summed E-state index contributed by atoms with van der Waals surface area (Å²) >= 11 is 0. The van der Waals surface area contributed by atoms with Crippen molar-refractivity contribution in [2.45, 2.75) is 37.8 Å². The number of anilines is 1. The van der Waals surface area contributed by atoms with Crippen LogP contribution in [0.1, 0.15) is 25.7 Å². The largest absolute Gasteiger partial charge is 0.370 e. The van der Waals surface area contributed by atoms with Gasteiger partial charge in [0, 0.05) is 24.4 Å². The number of nitrogens with zero attached hydrogens (tertiary/aromatic N) is 1. The maximum atomic E-state index is 12.6. The van der Waals surface area contributed by atoms with Crippen molar-refractivity contribution in [2.75, 3.05) is 18.4 Å². The number of rotatable bonds is 9. The highest BCUT2D eigenvalue weighted by molar-refractivity contribution is 5.98. The number of nitrogens with two attached hydrogens (primary N) is 1. The van der Waals surface area contributed by atoms with Gasteiger partial charge in [-0.15, -0.1) is 12.4 Å². The smallest absolute Gasteiger partial charge is 0.269 e. The minimum Gasteiger partial charge on any atom is -0.370 e. The van der Waals surface area contributed by atoms with Gasteiger partial charge >= 0.3 is 0 Å². The molecule has 1 saturated heterocycles. The molecule has 29 heavy (non-hydrogen) atoms. The first-order valence-corrected chi connectivity index (χ1v) is 9.04. The van der Waals surface area contributed by atoms with Gasteiger partial charge in [-0.05, 0) is 44.4 Å². The first kappa shape index (κ1) is 24.1. The number of guanidine groups is 1. The lowest BCUT2D eigenvalue weighted by molar-refractivity contribution is -0.384. The van der Waals surface area contributed by atoms with Gasteiger partial charge in [0.1, 0.15) is 6.04 Å². The summed E-state index contributed by atoms with van der Waals surface area (Å²) in [5.41, 5.74) is 5.56. The minimum absolute atomic E-state index is 0. The van der Waals surface area contributed by atoms with E-state index in [9.17, 15) is 19.7 Å². The molecular formula is C17H26ClN7O4. The Morgan fingerprint density at radius 3 is 2.59 bits per heavy atom. The molecular weight excluding hydrogens is 402 g/mol. The van der Waals surface area contributed by atoms with Crippen LogP contribution < -0.4 is 27.0 Å². The number of nitro benzene ring substituents is 1. The summed E-state index contributed by atoms with van der Waals surface area (Å²) < 4.78 is 0. The molecule has 1 fully saturated rings. The van der Waals surface area contributed by atoms with Crippen LogP contribution in [0, 0.1) is 15.5 Å². The van der Waals surface area contributed by atoms with Crippen molar-refractivity contribution in [3.8, 4) is 0 Å². The maximum Gasteiger partial charge on any atom is 0.269 e. The summed E-state index contributed by atoms with van der Waals surface area (Å²) in [6.45, 7) is 1.16. The number of nitrogens with one attached hydrogen (secondary N) is 5. The lowest BCUT2D eigenvalue weighted by atomic mass is 10.1. The number of benzene rings is 1. The molecule has 2 rings (SSSR count). The third-order valence-electron chi connectivity index (χ3n) is 4.34. The van der Waals surface area contributed by atoms with E-state index in [-0.39, 0.29) is 36.0 Å². The minimum atomic E-state index is -0.779. The van der Waals surface area contributed by atoms with Crippen LogP contribution in [0.25, 0.3) is 0 Å². The fourth-order valence-electron chi connectivity index (χ4n) is 2.87. The van der Waals surface area contributed by atoms with Crippen molar-refractivity contribution in [3.63, 3.8) is 0 Å². The van der Waals surface area contributed by atoms with Gasteiger partial charge < -0.3 is 27.0 Å². The van der Waals surface area contributed by atoms with Gasteiger partial charge in [-0.3, -0.25) is 25.1 Å². The van der Waals surface area contributed by atoms with Crippen LogP contribution >= 0.6 is 12.4 Å². The number of hydrogen-bond acceptors (Lipinski definition) is 6. The van der Waals surface area contributed by atoms with E-state index in [1.54, 1.807) is 0 Å². The van der Waals surface area contributed by atoms with E-state index >= 15 is 0 Å². The molecule has 11 nitrogen and oxygen atoms in total. The van der Waals surface area contributed by atoms with Crippen LogP contribution in [0.3, 0.4) is 0 Å². The molecule has 0 radical (unpaired) electrons. The van der Waals surface area contributed by atoms with Gasteiger partial charge in [-0.25, -0.2) is 0 Å². The van der Waals surface area contributed by atoms with E-state index in [0.717, 1.165) is 13.0 Å². The van der Waals surface area contributed by atoms with E-state index in [1.165, 1.54) is 24.3 Å². The summed E-state index contributed by atoms with van der Waals surface area (Å²) in [7, 11) is 0. The van der Waals surface area contributed by atoms with E-state index in [1.807, 2.05) is 0 Å². The van der Waals surface area contributed by atoms with Gasteiger partial charge in [-0.1, -0.05) is 0 Å². The average Bonchev–Trinajstić information content (AvgIpc) is 3.19. The molecule has 2 amide bonds. The van der Waals surface area contributed by atoms with E-state index in [2.05, 4.69) is 21.3 Å². The number of nitro groups is 1. The lowest BCUT2D eigenvalue weighted by Crippen LogP contribution is -2.50. The number of halogens is 1. The molecule has 2 atom stereocenters. The normalized spacial score (nSPS) is 16.2. The number of hydrogen-bond donors (Lipinski definition) is 6. The summed E-state index contributed by atoms with van der Waals surface area (Å²) in [5.74, 6) is -0.810. The molecule has 7 N–H and O–H groups in total. The fourth-order valence-corrected chi connectivity index (χ4v) is 2.87. The molecule has 1 aliphatic heterocycles. The Bertz CT molecular complexity index is 723. The molecule has 0 unspecified atom stereocenters. The van der Waals surface area contributed by atoms with Crippen molar-refractivity contribution in [1.29, 1.82) is 5.41 Å². The van der Waals surface area contributed by atoms with Crippen LogP contribution in [-0.2, 0) is 9.59 Å². The zero-order valence-electron chi connectivity index (χ0n) is 15.8. The Labute approximate surface area is 174 Å². The van der Waals surface area contributed by atoms with Crippen LogP contribution in [0.4, 0.5) is 11.4 Å². The molecule has 0 spiro atoms. The summed E-state index contributed by atoms with van der Waals surface area (Å²) in [4.78, 5) is 35.2. The van der Waals surface area contributed by atoms with Gasteiger partial charge in [0.05, 0.1) is 11.0 Å². The zero-order valence-corrected chi connectivity index (χ0v) is 16.6. The lowest BCUT2D eigenvalue weighted by Gasteiger charge is -2.21. The van der Waals surface area contributed by atoms with Crippen LogP contribution in [0.5, 0.6) is 0 Å². The van der Waals surface area contributed by atoms with Gasteiger partial charge in [0.15, 0.2) is 5.96 Å². The van der Waals surface area contributed by atoms with Gasteiger partial charge in [-0.2, -0.15) is 0 Å². The second kappa shape index (κ2) is 11.8. The van der Waals surface area contributed by atoms with E-state index in [0.29, 0.717) is 31.5 Å². The summed E-state index contributed by atoms with van der Waals surface area (Å²) in [5, 5.41) is 29.0. The number of carbonyl (C=O) groups is 2. The molecule has 12 heteroatoms. The monoisotopic (exact) mass is 427 g/mol. The molecule has 0 aliphatic carbocycles. The summed E-state index contributed by atoms with van der Waals surface area (Å²) in [6, 6.07) is 4.37. The molecule has 160 valence electrons.